The van der Waals surface area contributed by atoms with Crippen molar-refractivity contribution in [3.8, 4) is 23.0 Å². The summed E-state index contributed by atoms with van der Waals surface area (Å²) >= 11 is 0. The Balaban J connectivity index is 1.56. The van der Waals surface area contributed by atoms with Crippen molar-refractivity contribution in [2.45, 2.75) is 78.0 Å². The molecule has 3 aromatic rings. The molecule has 1 aliphatic heterocycles. The van der Waals surface area contributed by atoms with Crippen molar-refractivity contribution in [1.82, 2.24) is 20.4 Å². The quantitative estimate of drug-likeness (QED) is 0.256. The number of carbonyl (C=O) groups excluding carboxylic acids is 4. The lowest BCUT2D eigenvalue weighted by Gasteiger charge is -2.37. The predicted molar refractivity (Wildman–Crippen MR) is 196 cm³/mol. The highest BCUT2D eigenvalue weighted by atomic mass is 19.1. The van der Waals surface area contributed by atoms with Gasteiger partial charge in [-0.1, -0.05) is 58.0 Å². The van der Waals surface area contributed by atoms with Crippen molar-refractivity contribution in [3.05, 3.63) is 84.2 Å². The van der Waals surface area contributed by atoms with Crippen LogP contribution in [0.3, 0.4) is 0 Å². The number of fused-ring (bicyclic) bond motifs is 1. The zero-order valence-electron chi connectivity index (χ0n) is 31.1. The second-order valence-electron chi connectivity index (χ2n) is 14.1. The largest absolute Gasteiger partial charge is 0.491 e. The van der Waals surface area contributed by atoms with Crippen LogP contribution in [0.4, 0.5) is 4.39 Å². The third-order valence-electron chi connectivity index (χ3n) is 8.79. The van der Waals surface area contributed by atoms with E-state index in [-0.39, 0.29) is 42.6 Å². The molecule has 0 aromatic heterocycles. The average molecular weight is 719 g/mol. The Hall–Kier alpha value is -5.13. The zero-order valence-corrected chi connectivity index (χ0v) is 31.1. The number of rotatable bonds is 11. The van der Waals surface area contributed by atoms with Gasteiger partial charge in [-0.3, -0.25) is 19.2 Å². The van der Waals surface area contributed by atoms with E-state index in [1.807, 2.05) is 13.8 Å². The first-order chi connectivity index (χ1) is 24.7. The van der Waals surface area contributed by atoms with Crippen LogP contribution >= 0.6 is 0 Å². The fourth-order valence-corrected chi connectivity index (χ4v) is 5.98. The maximum atomic E-state index is 14.1. The minimum atomic E-state index is -1.29. The van der Waals surface area contributed by atoms with Gasteiger partial charge in [-0.05, 0) is 68.0 Å². The first kappa shape index (κ1) is 39.7. The molecular formula is C40H51FN4O7. The Labute approximate surface area is 305 Å². The van der Waals surface area contributed by atoms with Gasteiger partial charge < -0.3 is 34.6 Å². The van der Waals surface area contributed by atoms with Gasteiger partial charge in [0.25, 0.3) is 5.91 Å². The maximum Gasteiger partial charge on any atom is 0.255 e. The first-order valence-electron chi connectivity index (χ1n) is 17.7. The van der Waals surface area contributed by atoms with Crippen molar-refractivity contribution in [2.24, 2.45) is 11.8 Å². The first-order valence-corrected chi connectivity index (χ1v) is 17.7. The second kappa shape index (κ2) is 18.4. The Morgan fingerprint density at radius 1 is 0.904 bits per heavy atom. The molecule has 0 saturated heterocycles. The van der Waals surface area contributed by atoms with E-state index < -0.39 is 48.1 Å². The minimum absolute atomic E-state index is 0.00922. The van der Waals surface area contributed by atoms with Crippen LogP contribution in [0.25, 0.3) is 0 Å². The lowest BCUT2D eigenvalue weighted by Crippen LogP contribution is -2.55. The van der Waals surface area contributed by atoms with Gasteiger partial charge in [0, 0.05) is 20.2 Å². The van der Waals surface area contributed by atoms with E-state index >= 15 is 0 Å². The van der Waals surface area contributed by atoms with Gasteiger partial charge in [-0.25, -0.2) is 4.39 Å². The Bertz CT molecular complexity index is 1700. The van der Waals surface area contributed by atoms with Crippen molar-refractivity contribution < 1.29 is 37.8 Å². The summed E-state index contributed by atoms with van der Waals surface area (Å²) in [6, 6.07) is 16.3. The molecule has 0 fully saturated rings. The summed E-state index contributed by atoms with van der Waals surface area (Å²) in [7, 11) is 3.29. The number of ether oxygens (including phenoxy) is 3. The third-order valence-corrected chi connectivity index (χ3v) is 8.79. The number of hydrogen-bond donors (Lipinski definition) is 2. The van der Waals surface area contributed by atoms with Gasteiger partial charge >= 0.3 is 0 Å². The number of halogens is 1. The maximum absolute atomic E-state index is 14.1. The predicted octanol–water partition coefficient (Wildman–Crippen LogP) is 5.83. The molecule has 52 heavy (non-hydrogen) atoms. The van der Waals surface area contributed by atoms with Crippen LogP contribution in [0.1, 0.15) is 64.2 Å². The van der Waals surface area contributed by atoms with Crippen molar-refractivity contribution in [1.29, 1.82) is 0 Å². The smallest absolute Gasteiger partial charge is 0.255 e. The fraction of sp³-hybridized carbons (Fsp3) is 0.450. The van der Waals surface area contributed by atoms with E-state index in [1.165, 1.54) is 23.1 Å². The summed E-state index contributed by atoms with van der Waals surface area (Å²) in [6.07, 6.45) is 0.667. The van der Waals surface area contributed by atoms with E-state index in [2.05, 4.69) is 24.5 Å². The molecule has 0 radical (unpaired) electrons. The van der Waals surface area contributed by atoms with Crippen LogP contribution in [0.5, 0.6) is 23.0 Å². The highest BCUT2D eigenvalue weighted by Gasteiger charge is 2.36. The molecule has 2 N–H and O–H groups in total. The third kappa shape index (κ3) is 10.9. The highest BCUT2D eigenvalue weighted by Crippen LogP contribution is 2.31. The van der Waals surface area contributed by atoms with Gasteiger partial charge in [0.1, 0.15) is 42.6 Å². The summed E-state index contributed by atoms with van der Waals surface area (Å²) in [5.41, 5.74) is 0.194. The fourth-order valence-electron chi connectivity index (χ4n) is 5.98. The minimum Gasteiger partial charge on any atom is -0.491 e. The standard InChI is InChI=1S/C40H51FN4O7/c1-25(2)19-29-24-51-34-16-9-8-15-31(34)38(47)43-32(22-37(46)45(7)33(20-26(3)4)40(49)44(29)6)39(48)42-27(5)23-50-35-17-10-11-18-36(35)52-30-14-12-13-28(41)21-30/h8-18,21,25-27,29,32-33H,19-20,22-24H2,1-7H3,(H,42,48)(H,43,47)/t27-,29-,32+,33+/m1/s1. The van der Waals surface area contributed by atoms with Gasteiger partial charge in [-0.15, -0.1) is 0 Å². The van der Waals surface area contributed by atoms with Crippen LogP contribution in [0, 0.1) is 17.7 Å². The average Bonchev–Trinajstić information content (AvgIpc) is 3.10. The molecular weight excluding hydrogens is 667 g/mol. The van der Waals surface area contributed by atoms with Gasteiger partial charge in [0.05, 0.1) is 24.1 Å². The molecule has 1 aliphatic rings. The Morgan fingerprint density at radius 3 is 2.27 bits per heavy atom. The number of nitrogens with zero attached hydrogens (tertiary/aromatic N) is 2. The molecule has 0 unspecified atom stereocenters. The van der Waals surface area contributed by atoms with Gasteiger partial charge in [0.2, 0.25) is 17.7 Å². The molecule has 4 amide bonds. The summed E-state index contributed by atoms with van der Waals surface area (Å²) in [6.45, 7) is 9.95. The van der Waals surface area contributed by atoms with E-state index in [0.29, 0.717) is 35.8 Å². The van der Waals surface area contributed by atoms with Crippen molar-refractivity contribution >= 4 is 23.6 Å². The van der Waals surface area contributed by atoms with Gasteiger partial charge in [-0.2, -0.15) is 0 Å². The monoisotopic (exact) mass is 718 g/mol. The van der Waals surface area contributed by atoms with E-state index in [4.69, 9.17) is 14.2 Å². The van der Waals surface area contributed by atoms with Crippen molar-refractivity contribution in [3.63, 3.8) is 0 Å². The lowest BCUT2D eigenvalue weighted by atomic mass is 9.98. The number of nitrogens with one attached hydrogen (secondary N) is 2. The number of hydrogen-bond acceptors (Lipinski definition) is 7. The van der Waals surface area contributed by atoms with E-state index in [1.54, 1.807) is 80.5 Å². The highest BCUT2D eigenvalue weighted by molar-refractivity contribution is 6.01. The molecule has 4 atom stereocenters. The van der Waals surface area contributed by atoms with Crippen LogP contribution in [-0.2, 0) is 14.4 Å². The lowest BCUT2D eigenvalue weighted by molar-refractivity contribution is -0.147. The zero-order chi connectivity index (χ0) is 37.9. The molecule has 1 heterocycles. The van der Waals surface area contributed by atoms with Crippen molar-refractivity contribution in [2.75, 3.05) is 27.3 Å². The summed E-state index contributed by atoms with van der Waals surface area (Å²) < 4.78 is 31.8. The molecule has 0 saturated carbocycles. The molecule has 4 rings (SSSR count). The SMILES string of the molecule is CC(C)C[C@@H]1COc2ccccc2C(=O)N[C@H](C(=O)N[C@H](C)COc2ccccc2Oc2cccc(F)c2)CC(=O)N(C)[C@@H](CC(C)C)C(=O)N1C. The number of carbonyl (C=O) groups is 4. The second-order valence-corrected chi connectivity index (χ2v) is 14.1. The van der Waals surface area contributed by atoms with E-state index in [0.717, 1.165) is 0 Å². The molecule has 0 aliphatic carbocycles. The van der Waals surface area contributed by atoms with Gasteiger partial charge in [0.15, 0.2) is 11.5 Å². The molecule has 12 heteroatoms. The Morgan fingerprint density at radius 2 is 1.58 bits per heavy atom. The number of benzene rings is 3. The van der Waals surface area contributed by atoms with Crippen LogP contribution in [0.15, 0.2) is 72.8 Å². The van der Waals surface area contributed by atoms with E-state index in [9.17, 15) is 23.6 Å². The Kier molecular flexibility index (Phi) is 14.0. The number of likely N-dealkylation sites (N-methyl/N-ethyl adjacent to an activating group) is 2. The van der Waals surface area contributed by atoms with Crippen LogP contribution in [0.2, 0.25) is 0 Å². The van der Waals surface area contributed by atoms with Crippen LogP contribution < -0.4 is 24.8 Å². The summed E-state index contributed by atoms with van der Waals surface area (Å²) in [5, 5.41) is 5.60. The molecule has 0 spiro atoms. The summed E-state index contributed by atoms with van der Waals surface area (Å²) in [5.74, 6) is -0.670. The normalized spacial score (nSPS) is 19.3. The summed E-state index contributed by atoms with van der Waals surface area (Å²) in [4.78, 5) is 58.6. The molecule has 11 nitrogen and oxygen atoms in total. The molecule has 3 aromatic carbocycles. The number of para-hydroxylation sites is 3. The van der Waals surface area contributed by atoms with Crippen LogP contribution in [-0.4, -0.2) is 84.9 Å². The topological polar surface area (TPSA) is 127 Å². The molecule has 0 bridgehead atoms. The molecule has 280 valence electrons. The number of amides is 4.